The first-order chi connectivity index (χ1) is 25.5. The minimum atomic E-state index is 0.0260. The fourth-order valence-electron chi connectivity index (χ4n) is 7.70. The van der Waals surface area contributed by atoms with Gasteiger partial charge in [-0.05, 0) is 70.3 Å². The van der Waals surface area contributed by atoms with Crippen LogP contribution in [0.3, 0.4) is 0 Å². The number of esters is 1. The normalized spacial score (nSPS) is 13.2. The third-order valence-electron chi connectivity index (χ3n) is 11.5. The van der Waals surface area contributed by atoms with E-state index in [0.717, 1.165) is 31.6 Å². The van der Waals surface area contributed by atoms with E-state index in [4.69, 9.17) is 9.47 Å². The number of nitrogens with one attached hydrogen (secondary N) is 1. The SMILES string of the molecule is C=C(CCCCCC(CCCCCCC(=O)OCC(CCCCCC)CCCCCCCC)NC)OCC(CCCCCC)CCCCCCCC. The zero-order chi connectivity index (χ0) is 38.2. The molecule has 0 spiro atoms. The van der Waals surface area contributed by atoms with Crippen LogP contribution in [-0.2, 0) is 14.3 Å². The lowest BCUT2D eigenvalue weighted by Gasteiger charge is -2.19. The first-order valence-corrected chi connectivity index (χ1v) is 23.6. The molecule has 1 N–H and O–H groups in total. The molecule has 0 aliphatic carbocycles. The van der Waals surface area contributed by atoms with Gasteiger partial charge in [0.15, 0.2) is 0 Å². The van der Waals surface area contributed by atoms with Crippen molar-refractivity contribution in [2.45, 2.75) is 258 Å². The summed E-state index contributed by atoms with van der Waals surface area (Å²) in [5.74, 6) is 2.29. The van der Waals surface area contributed by atoms with E-state index >= 15 is 0 Å². The monoisotopic (exact) mass is 734 g/mol. The quantitative estimate of drug-likeness (QED) is 0.0385. The molecule has 0 amide bonds. The predicted octanol–water partition coefficient (Wildman–Crippen LogP) is 15.6. The first-order valence-electron chi connectivity index (χ1n) is 23.6. The number of carbonyl (C=O) groups is 1. The Morgan fingerprint density at radius 1 is 0.442 bits per heavy atom. The van der Waals surface area contributed by atoms with Gasteiger partial charge >= 0.3 is 5.97 Å². The molecule has 4 nitrogen and oxygen atoms in total. The Bertz CT molecular complexity index is 739. The van der Waals surface area contributed by atoms with Crippen LogP contribution in [0.1, 0.15) is 252 Å². The van der Waals surface area contributed by atoms with E-state index in [0.29, 0.717) is 30.9 Å². The van der Waals surface area contributed by atoms with E-state index in [1.807, 2.05) is 0 Å². The minimum absolute atomic E-state index is 0.0260. The largest absolute Gasteiger partial charge is 0.498 e. The van der Waals surface area contributed by atoms with Crippen molar-refractivity contribution >= 4 is 5.97 Å². The number of hydrogen-bond acceptors (Lipinski definition) is 4. The van der Waals surface area contributed by atoms with Gasteiger partial charge in [0, 0.05) is 18.9 Å². The Kier molecular flexibility index (Phi) is 40.3. The topological polar surface area (TPSA) is 47.6 Å². The number of unbranched alkanes of at least 4 members (excludes halogenated alkanes) is 21. The Hall–Kier alpha value is -1.03. The number of carbonyl (C=O) groups excluding carboxylic acids is 1. The second-order valence-electron chi connectivity index (χ2n) is 16.6. The van der Waals surface area contributed by atoms with Crippen molar-refractivity contribution in [2.75, 3.05) is 20.3 Å². The number of hydrogen-bond donors (Lipinski definition) is 1. The molecule has 0 saturated heterocycles. The highest BCUT2D eigenvalue weighted by Crippen LogP contribution is 2.23. The first kappa shape index (κ1) is 51.0. The van der Waals surface area contributed by atoms with Gasteiger partial charge in [0.05, 0.1) is 19.0 Å². The molecule has 0 radical (unpaired) electrons. The lowest BCUT2D eigenvalue weighted by molar-refractivity contribution is -0.145. The maximum Gasteiger partial charge on any atom is 0.305 e. The van der Waals surface area contributed by atoms with Crippen LogP contribution >= 0.6 is 0 Å². The molecule has 0 saturated carbocycles. The van der Waals surface area contributed by atoms with Gasteiger partial charge in [-0.1, -0.05) is 195 Å². The lowest BCUT2D eigenvalue weighted by Crippen LogP contribution is -2.24. The molecule has 0 fully saturated rings. The molecule has 4 heteroatoms. The van der Waals surface area contributed by atoms with Crippen LogP contribution in [0.2, 0.25) is 0 Å². The van der Waals surface area contributed by atoms with Gasteiger partial charge in [0.1, 0.15) is 0 Å². The molecule has 3 atom stereocenters. The van der Waals surface area contributed by atoms with Crippen molar-refractivity contribution in [2.24, 2.45) is 11.8 Å². The molecule has 0 aromatic carbocycles. The summed E-state index contributed by atoms with van der Waals surface area (Å²) in [6.07, 6.45) is 44.2. The highest BCUT2D eigenvalue weighted by Gasteiger charge is 2.13. The van der Waals surface area contributed by atoms with Gasteiger partial charge < -0.3 is 14.8 Å². The van der Waals surface area contributed by atoms with Gasteiger partial charge in [-0.3, -0.25) is 4.79 Å². The van der Waals surface area contributed by atoms with Crippen molar-refractivity contribution in [3.8, 4) is 0 Å². The maximum atomic E-state index is 12.5. The van der Waals surface area contributed by atoms with Gasteiger partial charge in [-0.25, -0.2) is 0 Å². The van der Waals surface area contributed by atoms with Gasteiger partial charge in [-0.15, -0.1) is 0 Å². The fraction of sp³-hybridized carbons (Fsp3) is 0.938. The van der Waals surface area contributed by atoms with E-state index < -0.39 is 0 Å². The Morgan fingerprint density at radius 3 is 1.21 bits per heavy atom. The van der Waals surface area contributed by atoms with Crippen LogP contribution in [0.15, 0.2) is 12.3 Å². The van der Waals surface area contributed by atoms with E-state index in [1.165, 1.54) is 199 Å². The highest BCUT2D eigenvalue weighted by molar-refractivity contribution is 5.69. The summed E-state index contributed by atoms with van der Waals surface area (Å²) in [6.45, 7) is 14.9. The smallest absolute Gasteiger partial charge is 0.305 e. The minimum Gasteiger partial charge on any atom is -0.498 e. The molecular formula is C48H95NO3. The number of allylic oxidation sites excluding steroid dienone is 1. The van der Waals surface area contributed by atoms with Gasteiger partial charge in [0.2, 0.25) is 0 Å². The molecule has 3 unspecified atom stereocenters. The summed E-state index contributed by atoms with van der Waals surface area (Å²) in [4.78, 5) is 12.5. The maximum absolute atomic E-state index is 12.5. The van der Waals surface area contributed by atoms with Crippen LogP contribution in [0.25, 0.3) is 0 Å². The summed E-state index contributed by atoms with van der Waals surface area (Å²) in [6, 6.07) is 0.598. The van der Waals surface area contributed by atoms with E-state index in [1.54, 1.807) is 0 Å². The van der Waals surface area contributed by atoms with Crippen LogP contribution in [0, 0.1) is 11.8 Å². The van der Waals surface area contributed by atoms with Gasteiger partial charge in [0.25, 0.3) is 0 Å². The standard InChI is InChI=1S/C48H95NO3/c1-7-11-15-19-21-29-37-45(35-27-17-13-9-3)42-51-44(5)34-26-25-32-40-47(49-6)39-31-23-24-33-41-48(50)52-43-46(36-28-18-14-10-4)38-30-22-20-16-12-8-2/h45-47,49H,5,7-43H2,1-4,6H3. The van der Waals surface area contributed by atoms with Gasteiger partial charge in [-0.2, -0.15) is 0 Å². The molecule has 0 aliphatic rings. The molecule has 0 heterocycles. The summed E-state index contributed by atoms with van der Waals surface area (Å²) >= 11 is 0. The third kappa shape index (κ3) is 36.0. The Morgan fingerprint density at radius 2 is 0.769 bits per heavy atom. The highest BCUT2D eigenvalue weighted by atomic mass is 16.5. The third-order valence-corrected chi connectivity index (χ3v) is 11.5. The predicted molar refractivity (Wildman–Crippen MR) is 230 cm³/mol. The van der Waals surface area contributed by atoms with E-state index in [9.17, 15) is 4.79 Å². The zero-order valence-electron chi connectivity index (χ0n) is 36.3. The second kappa shape index (κ2) is 41.1. The zero-order valence-corrected chi connectivity index (χ0v) is 36.3. The van der Waals surface area contributed by atoms with Crippen molar-refractivity contribution in [1.29, 1.82) is 0 Å². The molecular weight excluding hydrogens is 639 g/mol. The molecule has 310 valence electrons. The molecule has 0 aromatic rings. The summed E-state index contributed by atoms with van der Waals surface area (Å²) in [5, 5.41) is 3.56. The average Bonchev–Trinajstić information content (AvgIpc) is 3.15. The molecule has 0 aliphatic heterocycles. The molecule has 52 heavy (non-hydrogen) atoms. The number of ether oxygens (including phenoxy) is 2. The summed E-state index contributed by atoms with van der Waals surface area (Å²) in [5.41, 5.74) is 0. The summed E-state index contributed by atoms with van der Waals surface area (Å²) < 4.78 is 12.1. The van der Waals surface area contributed by atoms with Crippen molar-refractivity contribution in [1.82, 2.24) is 5.32 Å². The second-order valence-corrected chi connectivity index (χ2v) is 16.6. The Labute approximate surface area is 327 Å². The van der Waals surface area contributed by atoms with Crippen LogP contribution < -0.4 is 5.32 Å². The van der Waals surface area contributed by atoms with Crippen LogP contribution in [0.4, 0.5) is 0 Å². The average molecular weight is 734 g/mol. The fourth-order valence-corrected chi connectivity index (χ4v) is 7.70. The van der Waals surface area contributed by atoms with E-state index in [-0.39, 0.29) is 5.97 Å². The molecule has 0 aromatic heterocycles. The lowest BCUT2D eigenvalue weighted by atomic mass is 9.95. The van der Waals surface area contributed by atoms with Crippen molar-refractivity contribution in [3.63, 3.8) is 0 Å². The van der Waals surface area contributed by atoms with Crippen LogP contribution in [-0.4, -0.2) is 32.3 Å². The summed E-state index contributed by atoms with van der Waals surface area (Å²) in [7, 11) is 2.11. The van der Waals surface area contributed by atoms with Crippen molar-refractivity contribution < 1.29 is 14.3 Å². The van der Waals surface area contributed by atoms with Crippen molar-refractivity contribution in [3.05, 3.63) is 12.3 Å². The van der Waals surface area contributed by atoms with Crippen LogP contribution in [0.5, 0.6) is 0 Å². The number of rotatable bonds is 43. The molecule has 0 rings (SSSR count). The molecule has 0 bridgehead atoms. The van der Waals surface area contributed by atoms with E-state index in [2.05, 4.69) is 46.6 Å². The Balaban J connectivity index is 4.09.